The summed E-state index contributed by atoms with van der Waals surface area (Å²) in [5, 5.41) is 66.1. The van der Waals surface area contributed by atoms with E-state index in [-0.39, 0.29) is 83.9 Å². The van der Waals surface area contributed by atoms with Gasteiger partial charge >= 0.3 is 0 Å². The third kappa shape index (κ3) is 9.36. The van der Waals surface area contributed by atoms with E-state index in [1.54, 1.807) is 0 Å². The second kappa shape index (κ2) is 17.5. The average molecular weight is 949 g/mol. The number of nitrogens with zero attached hydrogens (tertiary/aromatic N) is 6. The Bertz CT molecular complexity index is 3300. The van der Waals surface area contributed by atoms with Crippen molar-refractivity contribution in [2.45, 2.75) is 19.6 Å². The van der Waals surface area contributed by atoms with Gasteiger partial charge in [0.2, 0.25) is 5.69 Å². The minimum atomic E-state index is -5.23. The summed E-state index contributed by atoms with van der Waals surface area (Å²) in [6, 6.07) is 13.2. The van der Waals surface area contributed by atoms with E-state index >= 15 is 0 Å². The number of azo groups is 3. The van der Waals surface area contributed by atoms with Crippen LogP contribution in [0.2, 0.25) is 0 Å². The zero-order valence-electron chi connectivity index (χ0n) is 31.6. The third-order valence-corrected chi connectivity index (χ3v) is 12.0. The van der Waals surface area contributed by atoms with E-state index < -0.39 is 73.0 Å². The molecule has 0 spiro atoms. The van der Waals surface area contributed by atoms with E-state index in [2.05, 4.69) is 34.9 Å². The summed E-state index contributed by atoms with van der Waals surface area (Å²) in [5.41, 5.74) is 10.1. The Kier molecular flexibility index (Phi) is 12.7. The number of hydrogen-bond donors (Lipinski definition) is 8. The van der Waals surface area contributed by atoms with Crippen molar-refractivity contribution in [1.29, 1.82) is 0 Å². The maximum atomic E-state index is 13.2. The Hall–Kier alpha value is -6.80. The van der Waals surface area contributed by atoms with Gasteiger partial charge in [-0.1, -0.05) is 5.04 Å². The van der Waals surface area contributed by atoms with Gasteiger partial charge in [0.15, 0.2) is 17.2 Å². The van der Waals surface area contributed by atoms with Gasteiger partial charge in [-0.2, -0.15) is 25.3 Å². The van der Waals surface area contributed by atoms with Crippen LogP contribution in [-0.2, 0) is 39.7 Å². The molecule has 0 aliphatic rings. The summed E-state index contributed by atoms with van der Waals surface area (Å²) in [6.07, 6.45) is 0. The number of nitrogen functional groups attached to an aromatic ring is 2. The quantitative estimate of drug-likeness (QED) is 0.00995. The average Bonchev–Trinajstić information content (AvgIpc) is 3.21. The number of methoxy groups -OCH3 is 2. The number of phenolic OH excluding ortho intramolecular Hbond substituents is 2. The van der Waals surface area contributed by atoms with Gasteiger partial charge in [0.25, 0.3) is 30.4 Å². The standard InChI is InChI=1S/C34H28N8O17S4/c1-56-23-11-15(3-7-21(23)37-39-31-25(60-59-58-46)13-17-26(61(47,48)49)9-5-19(35)29(17)33(31)43)41-42(45)16-4-8-22(24(12-16)57-2)38-40-32-28(63(53,54)55)14-18-27(62(50,51)52)10-6-20(36)30(18)34(32)44/h3-14,43-44,46H,35-36H2,1-2H3,(H,47,48,49)(H,50,51,52)(H,53,54,55). The summed E-state index contributed by atoms with van der Waals surface area (Å²) < 4.78 is 117. The van der Waals surface area contributed by atoms with Gasteiger partial charge in [-0.05, 0) is 59.5 Å². The molecule has 0 fully saturated rings. The number of phenols is 2. The highest BCUT2D eigenvalue weighted by Gasteiger charge is 2.28. The van der Waals surface area contributed by atoms with Crippen LogP contribution >= 0.6 is 12.0 Å². The molecule has 0 heterocycles. The molecule has 0 saturated carbocycles. The van der Waals surface area contributed by atoms with Crippen LogP contribution in [0.3, 0.4) is 0 Å². The van der Waals surface area contributed by atoms with E-state index in [4.69, 9.17) is 26.2 Å². The van der Waals surface area contributed by atoms with Crippen molar-refractivity contribution in [2.75, 3.05) is 25.7 Å². The fourth-order valence-electron chi connectivity index (χ4n) is 5.92. The van der Waals surface area contributed by atoms with Gasteiger partial charge in [0.1, 0.15) is 48.9 Å². The molecule has 0 aliphatic heterocycles. The van der Waals surface area contributed by atoms with Crippen LogP contribution < -0.4 is 20.9 Å². The van der Waals surface area contributed by atoms with Crippen molar-refractivity contribution in [3.63, 3.8) is 0 Å². The van der Waals surface area contributed by atoms with Crippen LogP contribution in [0.4, 0.5) is 45.5 Å². The topological polar surface area (TPSA) is 401 Å². The normalized spacial score (nSPS) is 12.8. The Morgan fingerprint density at radius 2 is 1.13 bits per heavy atom. The number of anilines is 2. The maximum Gasteiger partial charge on any atom is 0.296 e. The number of ether oxygens (including phenoxy) is 2. The lowest BCUT2D eigenvalue weighted by Crippen LogP contribution is -2.04. The lowest BCUT2D eigenvalue weighted by atomic mass is 10.1. The molecule has 0 amide bonds. The zero-order valence-corrected chi connectivity index (χ0v) is 34.8. The molecule has 6 aromatic carbocycles. The maximum absolute atomic E-state index is 13.2. The highest BCUT2D eigenvalue weighted by atomic mass is 32.2. The molecule has 0 aliphatic carbocycles. The number of nitrogens with two attached hydrogens (primary N) is 2. The smallest absolute Gasteiger partial charge is 0.296 e. The van der Waals surface area contributed by atoms with Crippen LogP contribution in [0.5, 0.6) is 23.0 Å². The molecule has 0 unspecified atom stereocenters. The van der Waals surface area contributed by atoms with Gasteiger partial charge in [-0.25, -0.2) is 5.26 Å². The summed E-state index contributed by atoms with van der Waals surface area (Å²) in [7, 11) is -12.6. The van der Waals surface area contributed by atoms with Gasteiger partial charge in [-0.3, -0.25) is 13.7 Å². The van der Waals surface area contributed by atoms with E-state index in [1.807, 2.05) is 0 Å². The van der Waals surface area contributed by atoms with Crippen molar-refractivity contribution >= 4 is 109 Å². The highest BCUT2D eigenvalue weighted by molar-refractivity contribution is 7.94. The molecule has 63 heavy (non-hydrogen) atoms. The summed E-state index contributed by atoms with van der Waals surface area (Å²) >= 11 is 0.283. The fourth-order valence-corrected chi connectivity index (χ4v) is 8.42. The van der Waals surface area contributed by atoms with Gasteiger partial charge in [-0.15, -0.1) is 24.8 Å². The first kappa shape index (κ1) is 45.7. The summed E-state index contributed by atoms with van der Waals surface area (Å²) in [6.45, 7) is 0. The summed E-state index contributed by atoms with van der Waals surface area (Å²) in [5.74, 6) is -1.86. The molecule has 25 nitrogen and oxygen atoms in total. The molecule has 29 heteroatoms. The van der Waals surface area contributed by atoms with E-state index in [0.717, 1.165) is 36.4 Å². The Morgan fingerprint density at radius 1 is 0.635 bits per heavy atom. The number of fused-ring (bicyclic) bond motifs is 2. The van der Waals surface area contributed by atoms with Crippen LogP contribution in [0, 0.1) is 5.21 Å². The molecule has 0 saturated heterocycles. The second-order valence-electron chi connectivity index (χ2n) is 12.4. The van der Waals surface area contributed by atoms with Gasteiger partial charge in [0.05, 0.1) is 48.0 Å². The number of aromatic hydroxyl groups is 2. The lowest BCUT2D eigenvalue weighted by molar-refractivity contribution is -0.435. The Balaban J connectivity index is 1.33. The van der Waals surface area contributed by atoms with Crippen molar-refractivity contribution in [3.8, 4) is 23.0 Å². The molecule has 0 radical (unpaired) electrons. The first-order chi connectivity index (χ1) is 29.6. The number of hydrogen-bond acceptors (Lipinski definition) is 22. The summed E-state index contributed by atoms with van der Waals surface area (Å²) in [4.78, 5) is -2.54. The third-order valence-electron chi connectivity index (χ3n) is 8.67. The minimum Gasteiger partial charge on any atom is -0.594 e. The van der Waals surface area contributed by atoms with Crippen molar-refractivity contribution < 1.29 is 78.1 Å². The molecule has 0 bridgehead atoms. The fraction of sp³-hybridized carbons (Fsp3) is 0.0588. The highest BCUT2D eigenvalue weighted by Crippen LogP contribution is 2.49. The van der Waals surface area contributed by atoms with E-state index in [1.165, 1.54) is 44.6 Å². The van der Waals surface area contributed by atoms with Crippen molar-refractivity contribution in [2.24, 2.45) is 25.6 Å². The van der Waals surface area contributed by atoms with E-state index in [9.17, 15) is 54.3 Å². The minimum absolute atomic E-state index is 0.00323. The van der Waals surface area contributed by atoms with Crippen LogP contribution in [0.15, 0.2) is 118 Å². The second-order valence-corrected chi connectivity index (χ2v) is 17.3. The predicted molar refractivity (Wildman–Crippen MR) is 220 cm³/mol. The van der Waals surface area contributed by atoms with Crippen molar-refractivity contribution in [3.05, 3.63) is 78.0 Å². The van der Waals surface area contributed by atoms with Crippen LogP contribution in [0.1, 0.15) is 0 Å². The zero-order chi connectivity index (χ0) is 46.2. The first-order valence-electron chi connectivity index (χ1n) is 16.7. The molecular weight excluding hydrogens is 921 g/mol. The molecular formula is C34H28N8O17S4. The molecule has 6 aromatic rings. The molecule has 330 valence electrons. The van der Waals surface area contributed by atoms with Gasteiger partial charge in [0, 0.05) is 39.4 Å². The lowest BCUT2D eigenvalue weighted by Gasteiger charge is -2.13. The Labute approximate surface area is 358 Å². The van der Waals surface area contributed by atoms with Crippen LogP contribution in [-0.4, -0.2) is 73.5 Å². The Morgan fingerprint density at radius 3 is 1.65 bits per heavy atom. The van der Waals surface area contributed by atoms with Crippen LogP contribution in [0.25, 0.3) is 21.5 Å². The monoisotopic (exact) mass is 948 g/mol. The number of benzene rings is 6. The molecule has 0 aromatic heterocycles. The molecule has 10 N–H and O–H groups in total. The SMILES string of the molecule is COc1cc(N=[N+]([O-])c2ccc(N=Nc3c(S(=O)(=O)O)cc4c(S(=O)(=O)O)ccc(N)c4c3O)c(OC)c2)ccc1N=Nc1c(SOOO)cc2c(S(=O)(=O)O)ccc(N)c2c1O. The first-order valence-corrected chi connectivity index (χ1v) is 21.8. The predicted octanol–water partition coefficient (Wildman–Crippen LogP) is 7.51. The number of rotatable bonds is 14. The van der Waals surface area contributed by atoms with Crippen molar-refractivity contribution in [1.82, 2.24) is 0 Å². The van der Waals surface area contributed by atoms with Gasteiger partial charge < -0.3 is 36.4 Å². The molecule has 6 rings (SSSR count). The van der Waals surface area contributed by atoms with E-state index in [0.29, 0.717) is 6.07 Å². The molecule has 0 atom stereocenters. The largest absolute Gasteiger partial charge is 0.594 e.